The van der Waals surface area contributed by atoms with E-state index < -0.39 is 17.7 Å². The van der Waals surface area contributed by atoms with Crippen LogP contribution in [0, 0.1) is 6.92 Å². The fourth-order valence-corrected chi connectivity index (χ4v) is 4.70. The summed E-state index contributed by atoms with van der Waals surface area (Å²) in [6, 6.07) is 16.8. The smallest absolute Gasteiger partial charge is 0.295 e. The Balaban J connectivity index is 1.82. The van der Waals surface area contributed by atoms with Crippen molar-refractivity contribution in [3.63, 3.8) is 0 Å². The van der Waals surface area contributed by atoms with Gasteiger partial charge in [-0.05, 0) is 72.5 Å². The topological polar surface area (TPSA) is 94.5 Å². The molecule has 1 aliphatic rings. The minimum atomic E-state index is -0.843. The average Bonchev–Trinajstić information content (AvgIpc) is 3.20. The van der Waals surface area contributed by atoms with Crippen LogP contribution in [-0.2, 0) is 16.1 Å². The molecular formula is C31H33NO7. The second-order valence-corrected chi connectivity index (χ2v) is 9.22. The molecule has 8 heteroatoms. The minimum absolute atomic E-state index is 0.00959. The van der Waals surface area contributed by atoms with Crippen LogP contribution in [0.25, 0.3) is 5.76 Å². The number of likely N-dealkylation sites (tertiary alicyclic amines) is 1. The van der Waals surface area contributed by atoms with Gasteiger partial charge in [0.05, 0.1) is 39.6 Å². The highest BCUT2D eigenvalue weighted by molar-refractivity contribution is 6.46. The first-order chi connectivity index (χ1) is 18.8. The second kappa shape index (κ2) is 11.9. The van der Waals surface area contributed by atoms with E-state index in [4.69, 9.17) is 18.9 Å². The van der Waals surface area contributed by atoms with Crippen molar-refractivity contribution < 1.29 is 33.6 Å². The van der Waals surface area contributed by atoms with E-state index in [1.165, 1.54) is 12.0 Å². The molecule has 0 saturated carbocycles. The van der Waals surface area contributed by atoms with Crippen molar-refractivity contribution in [1.82, 2.24) is 4.90 Å². The predicted molar refractivity (Wildman–Crippen MR) is 147 cm³/mol. The normalized spacial score (nSPS) is 16.3. The maximum Gasteiger partial charge on any atom is 0.295 e. The number of carbonyl (C=O) groups is 2. The van der Waals surface area contributed by atoms with E-state index in [-0.39, 0.29) is 17.9 Å². The van der Waals surface area contributed by atoms with E-state index in [0.717, 1.165) is 17.5 Å². The van der Waals surface area contributed by atoms with E-state index in [1.807, 2.05) is 19.9 Å². The molecule has 1 saturated heterocycles. The van der Waals surface area contributed by atoms with E-state index in [2.05, 4.69) is 0 Å². The number of amides is 1. The Kier molecular flexibility index (Phi) is 8.44. The van der Waals surface area contributed by atoms with Crippen LogP contribution in [0.4, 0.5) is 0 Å². The number of nitrogens with zero attached hydrogens (tertiary/aromatic N) is 1. The van der Waals surface area contributed by atoms with Crippen molar-refractivity contribution in [2.24, 2.45) is 0 Å². The predicted octanol–water partition coefficient (Wildman–Crippen LogP) is 5.43. The van der Waals surface area contributed by atoms with Gasteiger partial charge in [0.1, 0.15) is 17.3 Å². The van der Waals surface area contributed by atoms with Gasteiger partial charge < -0.3 is 29.0 Å². The molecule has 1 unspecified atom stereocenters. The van der Waals surface area contributed by atoms with Gasteiger partial charge in [-0.25, -0.2) is 0 Å². The summed E-state index contributed by atoms with van der Waals surface area (Å²) in [6.07, 6.45) is 0.866. The molecule has 1 amide bonds. The number of methoxy groups -OCH3 is 3. The number of ether oxygens (including phenoxy) is 4. The largest absolute Gasteiger partial charge is 0.507 e. The fraction of sp³-hybridized carbons (Fsp3) is 0.290. The minimum Gasteiger partial charge on any atom is -0.507 e. The maximum absolute atomic E-state index is 13.5. The number of aliphatic hydroxyl groups is 1. The van der Waals surface area contributed by atoms with Crippen LogP contribution >= 0.6 is 0 Å². The number of Topliss-reactive ketones (excluding diaryl/α,β-unsaturated/α-hetero) is 1. The van der Waals surface area contributed by atoms with Gasteiger partial charge >= 0.3 is 0 Å². The molecule has 0 aliphatic carbocycles. The quantitative estimate of drug-likeness (QED) is 0.212. The van der Waals surface area contributed by atoms with Gasteiger partial charge in [0.25, 0.3) is 11.7 Å². The van der Waals surface area contributed by atoms with Crippen LogP contribution in [0.2, 0.25) is 0 Å². The summed E-state index contributed by atoms with van der Waals surface area (Å²) in [5, 5.41) is 11.5. The van der Waals surface area contributed by atoms with Crippen molar-refractivity contribution in [2.75, 3.05) is 27.9 Å². The molecule has 8 nitrogen and oxygen atoms in total. The van der Waals surface area contributed by atoms with Gasteiger partial charge in [0, 0.05) is 12.1 Å². The number of benzene rings is 3. The molecule has 3 aromatic carbocycles. The summed E-state index contributed by atoms with van der Waals surface area (Å²) in [6.45, 7) is 4.57. The van der Waals surface area contributed by atoms with Crippen LogP contribution in [-0.4, -0.2) is 49.6 Å². The second-order valence-electron chi connectivity index (χ2n) is 9.22. The van der Waals surface area contributed by atoms with E-state index in [1.54, 1.807) is 68.8 Å². The number of ketones is 1. The lowest BCUT2D eigenvalue weighted by Gasteiger charge is -2.26. The Morgan fingerprint density at radius 2 is 1.64 bits per heavy atom. The number of aliphatic hydroxyl groups excluding tert-OH is 1. The van der Waals surface area contributed by atoms with Crippen LogP contribution < -0.4 is 18.9 Å². The molecule has 3 aromatic rings. The molecule has 0 spiro atoms. The third-order valence-electron chi connectivity index (χ3n) is 6.66. The van der Waals surface area contributed by atoms with Crippen LogP contribution in [0.3, 0.4) is 0 Å². The van der Waals surface area contributed by atoms with Gasteiger partial charge in [-0.15, -0.1) is 0 Å². The summed E-state index contributed by atoms with van der Waals surface area (Å²) < 4.78 is 21.9. The number of carbonyl (C=O) groups excluding carboxylic acids is 2. The fourth-order valence-electron chi connectivity index (χ4n) is 4.70. The molecule has 0 bridgehead atoms. The molecule has 1 aliphatic heterocycles. The van der Waals surface area contributed by atoms with Crippen molar-refractivity contribution in [2.45, 2.75) is 32.9 Å². The highest BCUT2D eigenvalue weighted by Crippen LogP contribution is 2.42. The first kappa shape index (κ1) is 27.6. The Hall–Kier alpha value is -4.46. The van der Waals surface area contributed by atoms with Crippen molar-refractivity contribution in [3.8, 4) is 23.0 Å². The molecule has 0 aromatic heterocycles. The number of aryl methyl sites for hydroxylation is 1. The Labute approximate surface area is 228 Å². The lowest BCUT2D eigenvalue weighted by molar-refractivity contribution is -0.140. The van der Waals surface area contributed by atoms with Crippen LogP contribution in [0.5, 0.6) is 23.0 Å². The van der Waals surface area contributed by atoms with Crippen LogP contribution in [0.15, 0.2) is 66.2 Å². The number of hydrogen-bond acceptors (Lipinski definition) is 7. The lowest BCUT2D eigenvalue weighted by atomic mass is 9.94. The van der Waals surface area contributed by atoms with Gasteiger partial charge in [0.15, 0.2) is 11.5 Å². The zero-order valence-electron chi connectivity index (χ0n) is 22.8. The van der Waals surface area contributed by atoms with Gasteiger partial charge in [0.2, 0.25) is 0 Å². The summed E-state index contributed by atoms with van der Waals surface area (Å²) in [5.74, 6) is 0.605. The standard InChI is InChI=1S/C31H33NO7/c1-6-14-39-24-13-11-22(15-19(24)2)29(33)27-28(21-8-7-9-23(17-21)36-3)32(31(35)30(27)34)18-20-10-12-25(37-4)26(16-20)38-5/h7-13,15-17,28,33H,6,14,18H2,1-5H3/b29-27-. The highest BCUT2D eigenvalue weighted by atomic mass is 16.5. The zero-order chi connectivity index (χ0) is 28.1. The summed E-state index contributed by atoms with van der Waals surface area (Å²) in [4.78, 5) is 28.4. The molecule has 1 atom stereocenters. The highest BCUT2D eigenvalue weighted by Gasteiger charge is 2.46. The third-order valence-corrected chi connectivity index (χ3v) is 6.66. The van der Waals surface area contributed by atoms with Gasteiger partial charge in [-0.3, -0.25) is 9.59 Å². The summed E-state index contributed by atoms with van der Waals surface area (Å²) >= 11 is 0. The number of rotatable bonds is 10. The van der Waals surface area contributed by atoms with Crippen molar-refractivity contribution >= 4 is 17.4 Å². The Morgan fingerprint density at radius 1 is 0.897 bits per heavy atom. The van der Waals surface area contributed by atoms with Crippen molar-refractivity contribution in [1.29, 1.82) is 0 Å². The van der Waals surface area contributed by atoms with E-state index >= 15 is 0 Å². The first-order valence-electron chi connectivity index (χ1n) is 12.7. The molecule has 1 heterocycles. The monoisotopic (exact) mass is 531 g/mol. The average molecular weight is 532 g/mol. The van der Waals surface area contributed by atoms with Crippen LogP contribution in [0.1, 0.15) is 41.6 Å². The Morgan fingerprint density at radius 3 is 2.31 bits per heavy atom. The lowest BCUT2D eigenvalue weighted by Crippen LogP contribution is -2.29. The van der Waals surface area contributed by atoms with Gasteiger partial charge in [-0.2, -0.15) is 0 Å². The molecule has 204 valence electrons. The van der Waals surface area contributed by atoms with Crippen molar-refractivity contribution in [3.05, 3.63) is 88.5 Å². The van der Waals surface area contributed by atoms with E-state index in [9.17, 15) is 14.7 Å². The summed E-state index contributed by atoms with van der Waals surface area (Å²) in [5.41, 5.74) is 2.61. The van der Waals surface area contributed by atoms with Gasteiger partial charge in [-0.1, -0.05) is 25.1 Å². The first-order valence-corrected chi connectivity index (χ1v) is 12.7. The molecule has 4 rings (SSSR count). The number of hydrogen-bond donors (Lipinski definition) is 1. The molecule has 0 radical (unpaired) electrons. The van der Waals surface area contributed by atoms with E-state index in [0.29, 0.717) is 40.7 Å². The molecular weight excluding hydrogens is 498 g/mol. The molecule has 1 N–H and O–H groups in total. The third kappa shape index (κ3) is 5.55. The Bertz CT molecular complexity index is 1410. The SMILES string of the molecule is CCCOc1ccc(/C(O)=C2/C(=O)C(=O)N(Cc3ccc(OC)c(OC)c3)C2c2cccc(OC)c2)cc1C. The molecule has 39 heavy (non-hydrogen) atoms. The summed E-state index contributed by atoms with van der Waals surface area (Å²) in [7, 11) is 4.62. The zero-order valence-corrected chi connectivity index (χ0v) is 22.8. The molecule has 1 fully saturated rings. The maximum atomic E-state index is 13.5.